The van der Waals surface area contributed by atoms with Crippen LogP contribution in [0.4, 0.5) is 11.4 Å². The Hall–Kier alpha value is -2.79. The molecule has 0 saturated heterocycles. The van der Waals surface area contributed by atoms with E-state index in [0.717, 1.165) is 22.3 Å². The first-order chi connectivity index (χ1) is 12.7. The lowest BCUT2D eigenvalue weighted by Gasteiger charge is -2.20. The van der Waals surface area contributed by atoms with Gasteiger partial charge >= 0.3 is 7.82 Å². The fraction of sp³-hybridized carbons (Fsp3) is 0.100. The molecule has 3 aromatic carbocycles. The van der Waals surface area contributed by atoms with Gasteiger partial charge in [0.2, 0.25) is 0 Å². The van der Waals surface area contributed by atoms with Crippen molar-refractivity contribution in [3.05, 3.63) is 65.7 Å². The number of hydrogen-bond acceptors (Lipinski definition) is 4. The van der Waals surface area contributed by atoms with Gasteiger partial charge in [0.25, 0.3) is 0 Å². The molecule has 3 aromatic rings. The molecule has 0 saturated carbocycles. The summed E-state index contributed by atoms with van der Waals surface area (Å²) in [4.78, 5) is 18.7. The molecule has 7 heteroatoms. The molecule has 0 spiro atoms. The molecule has 0 amide bonds. The van der Waals surface area contributed by atoms with Gasteiger partial charge in [-0.2, -0.15) is 0 Å². The Bertz CT molecular complexity index is 956. The van der Waals surface area contributed by atoms with Crippen LogP contribution in [-0.2, 0) is 4.57 Å². The molecule has 3 rings (SSSR count). The molecule has 6 N–H and O–H groups in total. The quantitative estimate of drug-likeness (QED) is 0.394. The molecule has 27 heavy (non-hydrogen) atoms. The Labute approximate surface area is 157 Å². The van der Waals surface area contributed by atoms with E-state index in [0.29, 0.717) is 22.5 Å². The van der Waals surface area contributed by atoms with Gasteiger partial charge in [-0.15, -0.1) is 0 Å². The summed E-state index contributed by atoms with van der Waals surface area (Å²) in [6, 6.07) is 16.5. The molecule has 140 valence electrons. The lowest BCUT2D eigenvalue weighted by atomic mass is 9.90. The number of phosphoric ester groups is 1. The number of hydrogen-bond donors (Lipinski definition) is 4. The van der Waals surface area contributed by atoms with Crippen molar-refractivity contribution in [1.29, 1.82) is 0 Å². The zero-order valence-corrected chi connectivity index (χ0v) is 15.9. The fourth-order valence-corrected chi connectivity index (χ4v) is 3.58. The molecule has 0 aliphatic carbocycles. The minimum atomic E-state index is -4.72. The van der Waals surface area contributed by atoms with E-state index in [1.54, 1.807) is 38.1 Å². The second-order valence-corrected chi connectivity index (χ2v) is 7.54. The van der Waals surface area contributed by atoms with Crippen molar-refractivity contribution in [3.8, 4) is 28.0 Å². The van der Waals surface area contributed by atoms with E-state index >= 15 is 0 Å². The molecule has 0 aliphatic heterocycles. The van der Waals surface area contributed by atoms with Gasteiger partial charge in [-0.1, -0.05) is 24.3 Å². The monoisotopic (exact) mass is 384 g/mol. The molecule has 0 unspecified atom stereocenters. The molecule has 0 fully saturated rings. The van der Waals surface area contributed by atoms with Gasteiger partial charge in [-0.3, -0.25) is 9.79 Å². The van der Waals surface area contributed by atoms with Crippen molar-refractivity contribution in [2.75, 3.05) is 11.5 Å². The van der Waals surface area contributed by atoms with Crippen molar-refractivity contribution in [1.82, 2.24) is 0 Å². The highest BCUT2D eigenvalue weighted by Crippen LogP contribution is 2.46. The third-order valence-corrected chi connectivity index (χ3v) is 4.85. The lowest BCUT2D eigenvalue weighted by Crippen LogP contribution is -2.00. The minimum absolute atomic E-state index is 0.171. The molecule has 0 heterocycles. The maximum atomic E-state index is 11.5. The van der Waals surface area contributed by atoms with E-state index in [9.17, 15) is 14.4 Å². The predicted octanol–water partition coefficient (Wildman–Crippen LogP) is 4.27. The Morgan fingerprint density at radius 3 is 1.48 bits per heavy atom. The maximum absolute atomic E-state index is 11.5. The van der Waals surface area contributed by atoms with Gasteiger partial charge in [0, 0.05) is 11.4 Å². The maximum Gasteiger partial charge on any atom is 0.524 e. The molecule has 0 atom stereocenters. The zero-order valence-electron chi connectivity index (χ0n) is 15.0. The first-order valence-corrected chi connectivity index (χ1v) is 9.80. The Morgan fingerprint density at radius 2 is 1.15 bits per heavy atom. The van der Waals surface area contributed by atoms with Gasteiger partial charge in [-0.25, -0.2) is 4.57 Å². The van der Waals surface area contributed by atoms with E-state index in [-0.39, 0.29) is 5.75 Å². The topological polar surface area (TPSA) is 119 Å². The van der Waals surface area contributed by atoms with Crippen LogP contribution in [-0.4, -0.2) is 9.79 Å². The van der Waals surface area contributed by atoms with Crippen LogP contribution in [0.1, 0.15) is 11.1 Å². The summed E-state index contributed by atoms with van der Waals surface area (Å²) in [5.41, 5.74) is 17.4. The summed E-state index contributed by atoms with van der Waals surface area (Å²) < 4.78 is 16.6. The number of nitrogen functional groups attached to an aromatic ring is 2. The molecule has 6 nitrogen and oxygen atoms in total. The Balaban J connectivity index is 2.28. The SMILES string of the molecule is Cc1c(-c2ccc(N)cc2)cc(-c2ccc(N)cc2)c(C)c1OP(=O)(O)O. The normalized spacial score (nSPS) is 11.4. The van der Waals surface area contributed by atoms with Gasteiger partial charge < -0.3 is 16.0 Å². The van der Waals surface area contributed by atoms with Crippen molar-refractivity contribution in [2.45, 2.75) is 13.8 Å². The third-order valence-electron chi connectivity index (χ3n) is 4.43. The van der Waals surface area contributed by atoms with E-state index < -0.39 is 7.82 Å². The number of benzene rings is 3. The Morgan fingerprint density at radius 1 is 0.778 bits per heavy atom. The highest BCUT2D eigenvalue weighted by Gasteiger charge is 2.23. The van der Waals surface area contributed by atoms with E-state index in [1.165, 1.54) is 0 Å². The van der Waals surface area contributed by atoms with Crippen LogP contribution in [0.3, 0.4) is 0 Å². The summed E-state index contributed by atoms with van der Waals surface area (Å²) >= 11 is 0. The Kier molecular flexibility index (Phi) is 4.98. The van der Waals surface area contributed by atoms with Crippen molar-refractivity contribution in [2.24, 2.45) is 0 Å². The summed E-state index contributed by atoms with van der Waals surface area (Å²) in [5, 5.41) is 0. The smallest absolute Gasteiger partial charge is 0.404 e. The van der Waals surface area contributed by atoms with Crippen LogP contribution in [0, 0.1) is 13.8 Å². The van der Waals surface area contributed by atoms with Crippen LogP contribution in [0.15, 0.2) is 54.6 Å². The van der Waals surface area contributed by atoms with Crippen molar-refractivity contribution >= 4 is 19.2 Å². The summed E-state index contributed by atoms with van der Waals surface area (Å²) in [7, 11) is -4.72. The largest absolute Gasteiger partial charge is 0.524 e. The van der Waals surface area contributed by atoms with Crippen molar-refractivity contribution < 1.29 is 18.9 Å². The first kappa shape index (κ1) is 19.0. The summed E-state index contributed by atoms with van der Waals surface area (Å²) in [6.45, 7) is 3.55. The molecule has 0 radical (unpaired) electrons. The minimum Gasteiger partial charge on any atom is -0.404 e. The third kappa shape index (κ3) is 4.14. The van der Waals surface area contributed by atoms with E-state index in [2.05, 4.69) is 0 Å². The molecule has 0 aliphatic rings. The zero-order chi connectivity index (χ0) is 19.8. The standard InChI is InChI=1S/C20H21N2O4P/c1-12-18(14-3-7-16(21)8-4-14)11-19(15-5-9-17(22)10-6-15)13(2)20(12)26-27(23,24)25/h3-11H,21-22H2,1-2H3,(H2,23,24,25). The number of rotatable bonds is 4. The predicted molar refractivity (Wildman–Crippen MR) is 108 cm³/mol. The lowest BCUT2D eigenvalue weighted by molar-refractivity contribution is 0.282. The summed E-state index contributed by atoms with van der Waals surface area (Å²) in [6.07, 6.45) is 0. The van der Waals surface area contributed by atoms with Crippen LogP contribution in [0.25, 0.3) is 22.3 Å². The van der Waals surface area contributed by atoms with Crippen LogP contribution < -0.4 is 16.0 Å². The molecular weight excluding hydrogens is 363 g/mol. The second kappa shape index (κ2) is 7.08. The highest BCUT2D eigenvalue weighted by atomic mass is 31.2. The van der Waals surface area contributed by atoms with Crippen LogP contribution >= 0.6 is 7.82 Å². The van der Waals surface area contributed by atoms with Crippen LogP contribution in [0.5, 0.6) is 5.75 Å². The van der Waals surface area contributed by atoms with Gasteiger partial charge in [-0.05, 0) is 77.6 Å². The number of phosphoric acid groups is 1. The van der Waals surface area contributed by atoms with Gasteiger partial charge in [0.15, 0.2) is 0 Å². The highest BCUT2D eigenvalue weighted by molar-refractivity contribution is 7.46. The fourth-order valence-electron chi connectivity index (χ4n) is 3.07. The second-order valence-electron chi connectivity index (χ2n) is 6.38. The number of anilines is 2. The van der Waals surface area contributed by atoms with Crippen molar-refractivity contribution in [3.63, 3.8) is 0 Å². The number of nitrogens with two attached hydrogens (primary N) is 2. The van der Waals surface area contributed by atoms with E-state index in [1.807, 2.05) is 30.3 Å². The average Bonchev–Trinajstić information content (AvgIpc) is 2.60. The molecular formula is C20H21N2O4P. The average molecular weight is 384 g/mol. The first-order valence-electron chi connectivity index (χ1n) is 8.27. The molecule has 0 bridgehead atoms. The van der Waals surface area contributed by atoms with Gasteiger partial charge in [0.05, 0.1) is 0 Å². The van der Waals surface area contributed by atoms with Crippen LogP contribution in [0.2, 0.25) is 0 Å². The van der Waals surface area contributed by atoms with E-state index in [4.69, 9.17) is 16.0 Å². The summed E-state index contributed by atoms with van der Waals surface area (Å²) in [5.74, 6) is 0.171. The van der Waals surface area contributed by atoms with Gasteiger partial charge in [0.1, 0.15) is 5.75 Å². The molecule has 0 aromatic heterocycles.